The summed E-state index contributed by atoms with van der Waals surface area (Å²) in [6, 6.07) is 16.0. The molecule has 0 spiro atoms. The lowest BCUT2D eigenvalue weighted by Gasteiger charge is -2.25. The zero-order chi connectivity index (χ0) is 27.2. The van der Waals surface area contributed by atoms with Crippen LogP contribution >= 0.6 is 0 Å². The first-order chi connectivity index (χ1) is 18.3. The lowest BCUT2D eigenvalue weighted by atomic mass is 9.96. The van der Waals surface area contributed by atoms with E-state index in [1.54, 1.807) is 80.0 Å². The van der Waals surface area contributed by atoms with Crippen molar-refractivity contribution in [3.8, 4) is 5.75 Å². The van der Waals surface area contributed by atoms with Crippen molar-refractivity contribution in [1.82, 2.24) is 9.88 Å². The topological polar surface area (TPSA) is 106 Å². The van der Waals surface area contributed by atoms with Gasteiger partial charge in [-0.25, -0.2) is 4.79 Å². The molecule has 1 saturated heterocycles. The van der Waals surface area contributed by atoms with E-state index < -0.39 is 23.7 Å². The number of aliphatic hydroxyl groups excluding tert-OH is 1. The largest absolute Gasteiger partial charge is 0.507 e. The monoisotopic (exact) mass is 514 g/mol. The SMILES string of the molecule is CCOC(=O)c1ccc(CN2C(=O)C(=O)/C(=C(/O)c3ccc(OCC(C)C)cc3)C2c2cccnc2)cc1. The Labute approximate surface area is 221 Å². The number of benzene rings is 2. The molecule has 0 saturated carbocycles. The number of aromatic nitrogens is 1. The number of hydrogen-bond donors (Lipinski definition) is 1. The summed E-state index contributed by atoms with van der Waals surface area (Å²) in [5.74, 6) is -1.21. The van der Waals surface area contributed by atoms with Crippen molar-refractivity contribution in [3.05, 3.63) is 101 Å². The Kier molecular flexibility index (Phi) is 8.21. The molecule has 2 heterocycles. The van der Waals surface area contributed by atoms with Gasteiger partial charge in [0.1, 0.15) is 11.5 Å². The van der Waals surface area contributed by atoms with E-state index in [2.05, 4.69) is 4.98 Å². The Balaban J connectivity index is 1.68. The van der Waals surface area contributed by atoms with Crippen molar-refractivity contribution < 1.29 is 29.0 Å². The number of nitrogens with zero attached hydrogens (tertiary/aromatic N) is 2. The number of Topliss-reactive ketones (excluding diaryl/α,β-unsaturated/α-hetero) is 1. The van der Waals surface area contributed by atoms with E-state index >= 15 is 0 Å². The number of likely N-dealkylation sites (tertiary alicyclic amines) is 1. The summed E-state index contributed by atoms with van der Waals surface area (Å²) in [6.45, 7) is 6.74. The number of esters is 1. The molecule has 8 nitrogen and oxygen atoms in total. The van der Waals surface area contributed by atoms with Crippen LogP contribution in [0.3, 0.4) is 0 Å². The van der Waals surface area contributed by atoms with E-state index in [9.17, 15) is 19.5 Å². The van der Waals surface area contributed by atoms with Gasteiger partial charge in [-0.05, 0) is 66.4 Å². The number of hydrogen-bond acceptors (Lipinski definition) is 7. The summed E-state index contributed by atoms with van der Waals surface area (Å²) in [7, 11) is 0. The van der Waals surface area contributed by atoms with Gasteiger partial charge < -0.3 is 19.5 Å². The molecule has 1 unspecified atom stereocenters. The molecule has 0 radical (unpaired) electrons. The number of carbonyl (C=O) groups is 3. The first-order valence-corrected chi connectivity index (χ1v) is 12.5. The highest BCUT2D eigenvalue weighted by Gasteiger charge is 2.46. The molecule has 1 aromatic heterocycles. The number of pyridine rings is 1. The Hall–Kier alpha value is -4.46. The van der Waals surface area contributed by atoms with Crippen molar-refractivity contribution in [2.24, 2.45) is 5.92 Å². The first kappa shape index (κ1) is 26.6. The highest BCUT2D eigenvalue weighted by Crippen LogP contribution is 2.40. The smallest absolute Gasteiger partial charge is 0.338 e. The van der Waals surface area contributed by atoms with Gasteiger partial charge in [-0.3, -0.25) is 14.6 Å². The number of aliphatic hydroxyl groups is 1. The van der Waals surface area contributed by atoms with Gasteiger partial charge in [0.25, 0.3) is 11.7 Å². The number of carbonyl (C=O) groups excluding carboxylic acids is 3. The molecule has 1 aliphatic heterocycles. The van der Waals surface area contributed by atoms with Gasteiger partial charge in [-0.15, -0.1) is 0 Å². The van der Waals surface area contributed by atoms with Crippen LogP contribution in [0.25, 0.3) is 5.76 Å². The second-order valence-electron chi connectivity index (χ2n) is 9.36. The van der Waals surface area contributed by atoms with Crippen LogP contribution in [-0.4, -0.2) is 45.9 Å². The molecule has 3 aromatic rings. The predicted octanol–water partition coefficient (Wildman–Crippen LogP) is 4.92. The fourth-order valence-electron chi connectivity index (χ4n) is 4.21. The Morgan fingerprint density at radius 2 is 1.71 bits per heavy atom. The Morgan fingerprint density at radius 3 is 2.32 bits per heavy atom. The maximum absolute atomic E-state index is 13.2. The predicted molar refractivity (Wildman–Crippen MR) is 141 cm³/mol. The van der Waals surface area contributed by atoms with Gasteiger partial charge in [0.2, 0.25) is 0 Å². The summed E-state index contributed by atoms with van der Waals surface area (Å²) >= 11 is 0. The maximum atomic E-state index is 13.2. The third-order valence-corrected chi connectivity index (χ3v) is 6.07. The highest BCUT2D eigenvalue weighted by atomic mass is 16.5. The van der Waals surface area contributed by atoms with Crippen LogP contribution in [0.1, 0.15) is 53.9 Å². The average Bonchev–Trinajstić information content (AvgIpc) is 3.17. The van der Waals surface area contributed by atoms with E-state index in [1.807, 2.05) is 13.8 Å². The molecular weight excluding hydrogens is 484 g/mol. The quantitative estimate of drug-likeness (QED) is 0.187. The molecule has 1 amide bonds. The van der Waals surface area contributed by atoms with E-state index in [0.717, 1.165) is 0 Å². The van der Waals surface area contributed by atoms with Crippen LogP contribution in [-0.2, 0) is 20.9 Å². The summed E-state index contributed by atoms with van der Waals surface area (Å²) in [6.07, 6.45) is 3.17. The Morgan fingerprint density at radius 1 is 1.03 bits per heavy atom. The van der Waals surface area contributed by atoms with Crippen LogP contribution in [0.5, 0.6) is 5.75 Å². The lowest BCUT2D eigenvalue weighted by molar-refractivity contribution is -0.140. The summed E-state index contributed by atoms with van der Waals surface area (Å²) in [5, 5.41) is 11.2. The van der Waals surface area contributed by atoms with Crippen LogP contribution in [0.4, 0.5) is 0 Å². The third-order valence-electron chi connectivity index (χ3n) is 6.07. The number of amides is 1. The average molecular weight is 515 g/mol. The number of ether oxygens (including phenoxy) is 2. The van der Waals surface area contributed by atoms with Gasteiger partial charge in [-0.1, -0.05) is 32.0 Å². The van der Waals surface area contributed by atoms with Crippen LogP contribution in [0.2, 0.25) is 0 Å². The molecule has 1 atom stereocenters. The van der Waals surface area contributed by atoms with Crippen molar-refractivity contribution >= 4 is 23.4 Å². The van der Waals surface area contributed by atoms with Gasteiger partial charge in [0, 0.05) is 24.5 Å². The minimum Gasteiger partial charge on any atom is -0.507 e. The molecule has 0 bridgehead atoms. The fourth-order valence-corrected chi connectivity index (χ4v) is 4.21. The fraction of sp³-hybridized carbons (Fsp3) is 0.267. The van der Waals surface area contributed by atoms with E-state index in [-0.39, 0.29) is 24.5 Å². The minimum absolute atomic E-state index is 0.0120. The molecule has 2 aromatic carbocycles. The van der Waals surface area contributed by atoms with E-state index in [1.165, 1.54) is 4.90 Å². The van der Waals surface area contributed by atoms with Crippen LogP contribution in [0.15, 0.2) is 78.6 Å². The number of ketones is 1. The lowest BCUT2D eigenvalue weighted by Crippen LogP contribution is -2.29. The molecular formula is C30H30N2O6. The summed E-state index contributed by atoms with van der Waals surface area (Å²) in [5.41, 5.74) is 2.07. The van der Waals surface area contributed by atoms with Crippen LogP contribution < -0.4 is 4.74 Å². The minimum atomic E-state index is -0.842. The second-order valence-corrected chi connectivity index (χ2v) is 9.36. The second kappa shape index (κ2) is 11.7. The van der Waals surface area contributed by atoms with Crippen molar-refractivity contribution in [3.63, 3.8) is 0 Å². The van der Waals surface area contributed by atoms with Crippen molar-refractivity contribution in [2.45, 2.75) is 33.4 Å². The van der Waals surface area contributed by atoms with Crippen LogP contribution in [0, 0.1) is 5.92 Å². The van der Waals surface area contributed by atoms with Gasteiger partial charge in [0.15, 0.2) is 0 Å². The molecule has 8 heteroatoms. The number of rotatable bonds is 9. The summed E-state index contributed by atoms with van der Waals surface area (Å²) in [4.78, 5) is 44.0. The molecule has 0 aliphatic carbocycles. The molecule has 1 aliphatic rings. The molecule has 1 N–H and O–H groups in total. The summed E-state index contributed by atoms with van der Waals surface area (Å²) < 4.78 is 10.7. The zero-order valence-electron chi connectivity index (χ0n) is 21.6. The third kappa shape index (κ3) is 5.75. The maximum Gasteiger partial charge on any atom is 0.338 e. The normalized spacial score (nSPS) is 16.6. The van der Waals surface area contributed by atoms with Crippen molar-refractivity contribution in [2.75, 3.05) is 13.2 Å². The Bertz CT molecular complexity index is 1330. The van der Waals surface area contributed by atoms with Gasteiger partial charge >= 0.3 is 5.97 Å². The van der Waals surface area contributed by atoms with E-state index in [0.29, 0.717) is 40.5 Å². The first-order valence-electron chi connectivity index (χ1n) is 12.5. The standard InChI is InChI=1S/C30H30N2O6/c1-4-37-30(36)22-9-7-20(8-10-22)17-32-26(23-6-5-15-31-16-23)25(28(34)29(32)35)27(33)21-11-13-24(14-12-21)38-18-19(2)3/h5-16,19,26,33H,4,17-18H2,1-3H3/b27-25+. The van der Waals surface area contributed by atoms with Gasteiger partial charge in [-0.2, -0.15) is 0 Å². The molecule has 38 heavy (non-hydrogen) atoms. The molecule has 4 rings (SSSR count). The van der Waals surface area contributed by atoms with E-state index in [4.69, 9.17) is 9.47 Å². The highest BCUT2D eigenvalue weighted by molar-refractivity contribution is 6.46. The van der Waals surface area contributed by atoms with Gasteiger partial charge in [0.05, 0.1) is 30.4 Å². The molecule has 1 fully saturated rings. The van der Waals surface area contributed by atoms with Crippen molar-refractivity contribution in [1.29, 1.82) is 0 Å². The zero-order valence-corrected chi connectivity index (χ0v) is 21.6. The molecule has 196 valence electrons.